The van der Waals surface area contributed by atoms with Gasteiger partial charge in [0.1, 0.15) is 0 Å². The van der Waals surface area contributed by atoms with Gasteiger partial charge in [-0.05, 0) is 27.7 Å². The van der Waals surface area contributed by atoms with Gasteiger partial charge in [0.15, 0.2) is 12.2 Å². The molecule has 2 atom stereocenters. The van der Waals surface area contributed by atoms with Gasteiger partial charge in [0.05, 0.1) is 13.2 Å². The quantitative estimate of drug-likeness (QED) is 0.363. The molecule has 0 amide bonds. The van der Waals surface area contributed by atoms with Crippen LogP contribution in [0.3, 0.4) is 0 Å². The van der Waals surface area contributed by atoms with Crippen LogP contribution in [0.1, 0.15) is 27.7 Å². The number of hydrogen-bond donors (Lipinski definition) is 0. The average Bonchev–Trinajstić information content (AvgIpc) is 2.45. The molecule has 0 saturated carbocycles. The molecule has 0 aliphatic rings. The molecule has 0 aliphatic heterocycles. The van der Waals surface area contributed by atoms with Crippen molar-refractivity contribution in [2.75, 3.05) is 13.2 Å². The van der Waals surface area contributed by atoms with E-state index in [1.807, 2.05) is 0 Å². The minimum absolute atomic E-state index is 0.161. The van der Waals surface area contributed by atoms with Gasteiger partial charge >= 0.3 is 23.9 Å². The lowest BCUT2D eigenvalue weighted by Gasteiger charge is -2.11. The Balaban J connectivity index is 4.29. The van der Waals surface area contributed by atoms with E-state index in [1.54, 1.807) is 13.8 Å². The van der Waals surface area contributed by atoms with Crippen molar-refractivity contribution in [3.8, 4) is 0 Å². The van der Waals surface area contributed by atoms with Crippen LogP contribution < -0.4 is 0 Å². The van der Waals surface area contributed by atoms with Crippen LogP contribution in [-0.2, 0) is 38.1 Å². The van der Waals surface area contributed by atoms with E-state index in [0.29, 0.717) is 0 Å². The van der Waals surface area contributed by atoms with Crippen LogP contribution >= 0.6 is 0 Å². The van der Waals surface area contributed by atoms with Crippen molar-refractivity contribution in [3.63, 3.8) is 0 Å². The fourth-order valence-corrected chi connectivity index (χ4v) is 1.18. The Morgan fingerprint density at radius 3 is 1.36 bits per heavy atom. The van der Waals surface area contributed by atoms with E-state index in [0.717, 1.165) is 12.2 Å². The lowest BCUT2D eigenvalue weighted by atomic mass is 10.4. The summed E-state index contributed by atoms with van der Waals surface area (Å²) in [6, 6.07) is 0. The Morgan fingerprint density at radius 1 is 0.773 bits per heavy atom. The molecule has 22 heavy (non-hydrogen) atoms. The van der Waals surface area contributed by atoms with Crippen molar-refractivity contribution < 1.29 is 38.1 Å². The Bertz CT molecular complexity index is 400. The predicted molar refractivity (Wildman–Crippen MR) is 73.5 cm³/mol. The van der Waals surface area contributed by atoms with Crippen molar-refractivity contribution in [2.24, 2.45) is 0 Å². The molecule has 124 valence electrons. The fourth-order valence-electron chi connectivity index (χ4n) is 1.18. The molecule has 0 fully saturated rings. The number of hydrogen-bond acceptors (Lipinski definition) is 8. The highest BCUT2D eigenvalue weighted by Crippen LogP contribution is 1.99. The molecule has 0 rings (SSSR count). The molecular formula is C14H20O8. The topological polar surface area (TPSA) is 105 Å². The maximum atomic E-state index is 11.4. The van der Waals surface area contributed by atoms with Crippen LogP contribution in [0.4, 0.5) is 0 Å². The monoisotopic (exact) mass is 316 g/mol. The van der Waals surface area contributed by atoms with Gasteiger partial charge < -0.3 is 18.9 Å². The lowest BCUT2D eigenvalue weighted by molar-refractivity contribution is -0.164. The zero-order valence-electron chi connectivity index (χ0n) is 13.0. The molecule has 0 aromatic heterocycles. The van der Waals surface area contributed by atoms with Crippen molar-refractivity contribution in [2.45, 2.75) is 39.9 Å². The molecule has 0 bridgehead atoms. The number of esters is 4. The highest BCUT2D eigenvalue weighted by Gasteiger charge is 2.19. The van der Waals surface area contributed by atoms with Crippen LogP contribution in [0.2, 0.25) is 0 Å². The molecule has 0 unspecified atom stereocenters. The maximum Gasteiger partial charge on any atom is 0.347 e. The van der Waals surface area contributed by atoms with Crippen molar-refractivity contribution in [3.05, 3.63) is 12.2 Å². The zero-order chi connectivity index (χ0) is 17.1. The number of carbonyl (C=O) groups is 4. The molecule has 0 heterocycles. The SMILES string of the molecule is CCOC(=O)[C@H](C)OC(=O)/C=C/C(=O)O[C@H](C)C(=O)OCC. The van der Waals surface area contributed by atoms with Gasteiger partial charge in [0, 0.05) is 12.2 Å². The highest BCUT2D eigenvalue weighted by molar-refractivity contribution is 5.93. The van der Waals surface area contributed by atoms with Crippen LogP contribution in [0.25, 0.3) is 0 Å². The largest absolute Gasteiger partial charge is 0.463 e. The summed E-state index contributed by atoms with van der Waals surface area (Å²) in [4.78, 5) is 45.2. The normalized spacial score (nSPS) is 13.1. The Hall–Kier alpha value is -2.38. The van der Waals surface area contributed by atoms with Gasteiger partial charge in [0.25, 0.3) is 0 Å². The molecule has 8 heteroatoms. The molecule has 0 saturated heterocycles. The third-order valence-corrected chi connectivity index (χ3v) is 2.18. The Morgan fingerprint density at radius 2 is 1.09 bits per heavy atom. The molecule has 0 radical (unpaired) electrons. The molecule has 0 aliphatic carbocycles. The van der Waals surface area contributed by atoms with E-state index in [9.17, 15) is 19.2 Å². The van der Waals surface area contributed by atoms with E-state index in [1.165, 1.54) is 13.8 Å². The summed E-state index contributed by atoms with van der Waals surface area (Å²) in [7, 11) is 0. The summed E-state index contributed by atoms with van der Waals surface area (Å²) in [6.07, 6.45) is -0.607. The second kappa shape index (κ2) is 10.4. The van der Waals surface area contributed by atoms with Crippen LogP contribution in [0.5, 0.6) is 0 Å². The predicted octanol–water partition coefficient (Wildman–Crippen LogP) is 0.532. The first kappa shape index (κ1) is 19.6. The summed E-state index contributed by atoms with van der Waals surface area (Å²) >= 11 is 0. The van der Waals surface area contributed by atoms with Crippen molar-refractivity contribution in [1.82, 2.24) is 0 Å². The van der Waals surface area contributed by atoms with E-state index in [4.69, 9.17) is 9.47 Å². The van der Waals surface area contributed by atoms with Crippen molar-refractivity contribution >= 4 is 23.9 Å². The zero-order valence-corrected chi connectivity index (χ0v) is 13.0. The minimum atomic E-state index is -1.09. The first-order valence-electron chi connectivity index (χ1n) is 6.74. The Labute approximate surface area is 128 Å². The number of carbonyl (C=O) groups excluding carboxylic acids is 4. The summed E-state index contributed by atoms with van der Waals surface area (Å²) < 4.78 is 18.7. The fraction of sp³-hybridized carbons (Fsp3) is 0.571. The van der Waals surface area contributed by atoms with E-state index >= 15 is 0 Å². The summed E-state index contributed by atoms with van der Waals surface area (Å²) in [5.41, 5.74) is 0. The second-order valence-electron chi connectivity index (χ2n) is 4.00. The van der Waals surface area contributed by atoms with Gasteiger partial charge in [-0.15, -0.1) is 0 Å². The molecule has 0 N–H and O–H groups in total. The van der Waals surface area contributed by atoms with Crippen LogP contribution in [-0.4, -0.2) is 49.3 Å². The number of ether oxygens (including phenoxy) is 4. The number of rotatable bonds is 8. The van der Waals surface area contributed by atoms with Gasteiger partial charge in [-0.2, -0.15) is 0 Å². The first-order valence-corrected chi connectivity index (χ1v) is 6.74. The van der Waals surface area contributed by atoms with E-state index < -0.39 is 36.1 Å². The summed E-state index contributed by atoms with van der Waals surface area (Å²) in [5, 5.41) is 0. The molecule has 0 aromatic rings. The van der Waals surface area contributed by atoms with Crippen LogP contribution in [0, 0.1) is 0 Å². The third kappa shape index (κ3) is 8.03. The average molecular weight is 316 g/mol. The molecular weight excluding hydrogens is 296 g/mol. The van der Waals surface area contributed by atoms with Gasteiger partial charge in [0.2, 0.25) is 0 Å². The lowest BCUT2D eigenvalue weighted by Crippen LogP contribution is -2.26. The van der Waals surface area contributed by atoms with Crippen molar-refractivity contribution in [1.29, 1.82) is 0 Å². The standard InChI is InChI=1S/C14H20O8/c1-5-19-13(17)9(3)21-11(15)7-8-12(16)22-10(4)14(18)20-6-2/h7-10H,5-6H2,1-4H3/b8-7+/t9-,10+. The highest BCUT2D eigenvalue weighted by atomic mass is 16.6. The van der Waals surface area contributed by atoms with Gasteiger partial charge in [-0.3, -0.25) is 0 Å². The first-order chi connectivity index (χ1) is 10.3. The molecule has 0 spiro atoms. The maximum absolute atomic E-state index is 11.4. The van der Waals surface area contributed by atoms with Crippen LogP contribution in [0.15, 0.2) is 12.2 Å². The van der Waals surface area contributed by atoms with E-state index in [-0.39, 0.29) is 13.2 Å². The molecule has 0 aromatic carbocycles. The smallest absolute Gasteiger partial charge is 0.347 e. The second-order valence-corrected chi connectivity index (χ2v) is 4.00. The minimum Gasteiger partial charge on any atom is -0.463 e. The van der Waals surface area contributed by atoms with E-state index in [2.05, 4.69) is 9.47 Å². The molecule has 8 nitrogen and oxygen atoms in total. The third-order valence-electron chi connectivity index (χ3n) is 2.18. The van der Waals surface area contributed by atoms with Gasteiger partial charge in [-0.25, -0.2) is 19.2 Å². The summed E-state index contributed by atoms with van der Waals surface area (Å²) in [5.74, 6) is -3.21. The van der Waals surface area contributed by atoms with Gasteiger partial charge in [-0.1, -0.05) is 0 Å². The summed E-state index contributed by atoms with van der Waals surface area (Å²) in [6.45, 7) is 6.24. The Kier molecular flexibility index (Phi) is 9.24.